The van der Waals surface area contributed by atoms with Gasteiger partial charge in [-0.25, -0.2) is 4.98 Å². The highest BCUT2D eigenvalue weighted by Gasteiger charge is 2.00. The first-order chi connectivity index (χ1) is 7.11. The van der Waals surface area contributed by atoms with Gasteiger partial charge in [0.1, 0.15) is 6.42 Å². The van der Waals surface area contributed by atoms with Crippen LogP contribution in [0.5, 0.6) is 0 Å². The minimum atomic E-state index is -0.498. The van der Waals surface area contributed by atoms with Crippen molar-refractivity contribution < 1.29 is 4.79 Å². The number of aryl methyl sites for hydroxylation is 1. The standard InChI is InChI=1S/C8H9N5O2/c1-5-4-7(15)11-8(10-5)13-12-6(14)2-3-9/h4H,2H2,1H3,(H,12,14)(H2,10,11,13,15). The summed E-state index contributed by atoms with van der Waals surface area (Å²) in [5.41, 5.74) is 4.81. The molecule has 1 amide bonds. The van der Waals surface area contributed by atoms with E-state index in [1.165, 1.54) is 6.07 Å². The predicted molar refractivity (Wildman–Crippen MR) is 51.6 cm³/mol. The smallest absolute Gasteiger partial charge is 0.252 e. The minimum Gasteiger partial charge on any atom is -0.291 e. The van der Waals surface area contributed by atoms with Gasteiger partial charge in [-0.05, 0) is 6.92 Å². The Labute approximate surface area is 85.1 Å². The van der Waals surface area contributed by atoms with Crippen molar-refractivity contribution in [1.82, 2.24) is 15.4 Å². The van der Waals surface area contributed by atoms with Crippen LogP contribution in [0.25, 0.3) is 0 Å². The number of hydrazine groups is 1. The summed E-state index contributed by atoms with van der Waals surface area (Å²) in [5, 5.41) is 8.21. The Morgan fingerprint density at radius 3 is 3.07 bits per heavy atom. The van der Waals surface area contributed by atoms with E-state index < -0.39 is 5.91 Å². The third-order valence-electron chi connectivity index (χ3n) is 1.43. The maximum absolute atomic E-state index is 11.0. The van der Waals surface area contributed by atoms with Crippen LogP contribution in [0.15, 0.2) is 10.9 Å². The van der Waals surface area contributed by atoms with Crippen molar-refractivity contribution in [2.75, 3.05) is 5.43 Å². The quantitative estimate of drug-likeness (QED) is 0.575. The first-order valence-electron chi connectivity index (χ1n) is 4.11. The molecule has 0 unspecified atom stereocenters. The molecule has 0 aromatic carbocycles. The molecule has 0 aliphatic heterocycles. The third kappa shape index (κ3) is 3.48. The fourth-order valence-corrected chi connectivity index (χ4v) is 0.883. The molecule has 1 aromatic heterocycles. The number of H-pyrrole nitrogens is 1. The zero-order valence-electron chi connectivity index (χ0n) is 8.00. The Morgan fingerprint density at radius 2 is 2.47 bits per heavy atom. The van der Waals surface area contributed by atoms with E-state index in [1.807, 2.05) is 0 Å². The molecule has 0 saturated carbocycles. The number of carbonyl (C=O) groups excluding carboxylic acids is 1. The zero-order valence-corrected chi connectivity index (χ0v) is 8.00. The number of hydrogen-bond acceptors (Lipinski definition) is 5. The van der Waals surface area contributed by atoms with Crippen molar-refractivity contribution in [1.29, 1.82) is 5.26 Å². The molecule has 0 atom stereocenters. The molecule has 7 heteroatoms. The summed E-state index contributed by atoms with van der Waals surface area (Å²) in [6.45, 7) is 1.65. The number of anilines is 1. The second-order valence-electron chi connectivity index (χ2n) is 2.74. The lowest BCUT2D eigenvalue weighted by Crippen LogP contribution is -2.30. The lowest BCUT2D eigenvalue weighted by Gasteiger charge is -2.05. The van der Waals surface area contributed by atoms with Gasteiger partial charge in [0.05, 0.1) is 6.07 Å². The SMILES string of the molecule is Cc1cc(=O)[nH]c(NNC(=O)CC#N)n1. The molecular formula is C8H9N5O2. The van der Waals surface area contributed by atoms with Crippen LogP contribution in [-0.2, 0) is 4.79 Å². The van der Waals surface area contributed by atoms with Crippen LogP contribution in [0.1, 0.15) is 12.1 Å². The third-order valence-corrected chi connectivity index (χ3v) is 1.43. The maximum atomic E-state index is 11.0. The number of nitriles is 1. The van der Waals surface area contributed by atoms with Crippen LogP contribution < -0.4 is 16.4 Å². The Kier molecular flexibility index (Phi) is 3.40. The molecule has 7 nitrogen and oxygen atoms in total. The highest BCUT2D eigenvalue weighted by atomic mass is 16.2. The van der Waals surface area contributed by atoms with E-state index in [4.69, 9.17) is 5.26 Å². The van der Waals surface area contributed by atoms with Crippen LogP contribution in [-0.4, -0.2) is 15.9 Å². The molecule has 0 saturated heterocycles. The van der Waals surface area contributed by atoms with Gasteiger partial charge >= 0.3 is 0 Å². The monoisotopic (exact) mass is 207 g/mol. The fourth-order valence-electron chi connectivity index (χ4n) is 0.883. The lowest BCUT2D eigenvalue weighted by molar-refractivity contribution is -0.119. The van der Waals surface area contributed by atoms with Crippen molar-refractivity contribution in [2.45, 2.75) is 13.3 Å². The maximum Gasteiger partial charge on any atom is 0.252 e. The molecule has 0 aliphatic carbocycles. The first-order valence-corrected chi connectivity index (χ1v) is 4.11. The average molecular weight is 207 g/mol. The number of amides is 1. The van der Waals surface area contributed by atoms with Gasteiger partial charge in [0, 0.05) is 11.8 Å². The predicted octanol–water partition coefficient (Wildman–Crippen LogP) is -0.565. The number of nitrogens with one attached hydrogen (secondary N) is 3. The number of hydrogen-bond donors (Lipinski definition) is 3. The Morgan fingerprint density at radius 1 is 1.73 bits per heavy atom. The summed E-state index contributed by atoms with van der Waals surface area (Å²) >= 11 is 0. The van der Waals surface area contributed by atoms with Crippen LogP contribution in [0, 0.1) is 18.3 Å². The zero-order chi connectivity index (χ0) is 11.3. The Balaban J connectivity index is 2.62. The van der Waals surface area contributed by atoms with Gasteiger partial charge in [0.15, 0.2) is 0 Å². The summed E-state index contributed by atoms with van der Waals surface area (Å²) in [4.78, 5) is 28.1. The molecule has 0 bridgehead atoms. The molecule has 3 N–H and O–H groups in total. The van der Waals surface area contributed by atoms with Gasteiger partial charge in [-0.3, -0.25) is 25.4 Å². The normalized spacial score (nSPS) is 9.07. The molecule has 0 fully saturated rings. The topological polar surface area (TPSA) is 111 Å². The fraction of sp³-hybridized carbons (Fsp3) is 0.250. The molecule has 0 radical (unpaired) electrons. The van der Waals surface area contributed by atoms with Gasteiger partial charge in [-0.2, -0.15) is 5.26 Å². The molecule has 1 heterocycles. The van der Waals surface area contributed by atoms with E-state index in [2.05, 4.69) is 20.8 Å². The van der Waals surface area contributed by atoms with Gasteiger partial charge in [0.2, 0.25) is 5.95 Å². The largest absolute Gasteiger partial charge is 0.291 e. The summed E-state index contributed by atoms with van der Waals surface area (Å²) < 4.78 is 0. The Hall–Kier alpha value is -2.36. The summed E-state index contributed by atoms with van der Waals surface area (Å²) in [6.07, 6.45) is -0.261. The average Bonchev–Trinajstić information content (AvgIpc) is 2.14. The van der Waals surface area contributed by atoms with Crippen molar-refractivity contribution in [3.63, 3.8) is 0 Å². The second-order valence-corrected chi connectivity index (χ2v) is 2.74. The first kappa shape index (κ1) is 10.7. The molecule has 0 aliphatic rings. The molecule has 78 valence electrons. The number of aromatic nitrogens is 2. The van der Waals surface area contributed by atoms with Crippen molar-refractivity contribution in [3.8, 4) is 6.07 Å². The van der Waals surface area contributed by atoms with Crippen LogP contribution in [0.2, 0.25) is 0 Å². The van der Waals surface area contributed by atoms with Crippen molar-refractivity contribution in [3.05, 3.63) is 22.1 Å². The number of nitrogens with zero attached hydrogens (tertiary/aromatic N) is 2. The van der Waals surface area contributed by atoms with Crippen LogP contribution in [0.4, 0.5) is 5.95 Å². The van der Waals surface area contributed by atoms with Crippen molar-refractivity contribution >= 4 is 11.9 Å². The molecule has 1 aromatic rings. The number of aromatic amines is 1. The second kappa shape index (κ2) is 4.76. The van der Waals surface area contributed by atoms with Crippen LogP contribution >= 0.6 is 0 Å². The highest BCUT2D eigenvalue weighted by Crippen LogP contribution is 1.92. The van der Waals surface area contributed by atoms with E-state index in [-0.39, 0.29) is 17.9 Å². The summed E-state index contributed by atoms with van der Waals surface area (Å²) in [5.74, 6) is -0.368. The summed E-state index contributed by atoms with van der Waals surface area (Å²) in [6, 6.07) is 3.00. The van der Waals surface area contributed by atoms with E-state index >= 15 is 0 Å². The molecular weight excluding hydrogens is 198 g/mol. The van der Waals surface area contributed by atoms with Crippen molar-refractivity contribution in [2.24, 2.45) is 0 Å². The van der Waals surface area contributed by atoms with E-state index in [1.54, 1.807) is 13.0 Å². The molecule has 15 heavy (non-hydrogen) atoms. The van der Waals surface area contributed by atoms with Gasteiger partial charge in [0.25, 0.3) is 11.5 Å². The highest BCUT2D eigenvalue weighted by molar-refractivity contribution is 5.78. The minimum absolute atomic E-state index is 0.131. The summed E-state index contributed by atoms with van der Waals surface area (Å²) in [7, 11) is 0. The van der Waals surface area contributed by atoms with E-state index in [0.29, 0.717) is 5.69 Å². The van der Waals surface area contributed by atoms with Gasteiger partial charge in [-0.1, -0.05) is 0 Å². The molecule has 1 rings (SSSR count). The lowest BCUT2D eigenvalue weighted by atomic mass is 10.4. The van der Waals surface area contributed by atoms with E-state index in [9.17, 15) is 9.59 Å². The van der Waals surface area contributed by atoms with Gasteiger partial charge < -0.3 is 0 Å². The molecule has 0 spiro atoms. The van der Waals surface area contributed by atoms with Gasteiger partial charge in [-0.15, -0.1) is 0 Å². The number of rotatable bonds is 3. The Bertz CT molecular complexity index is 459. The van der Waals surface area contributed by atoms with E-state index in [0.717, 1.165) is 0 Å². The number of carbonyl (C=O) groups is 1. The van der Waals surface area contributed by atoms with Crippen LogP contribution in [0.3, 0.4) is 0 Å².